The third kappa shape index (κ3) is 5.94. The molecule has 10 heteroatoms. The number of nitriles is 1. The van der Waals surface area contributed by atoms with E-state index in [1.165, 1.54) is 30.7 Å². The lowest BCUT2D eigenvalue weighted by atomic mass is 9.98. The van der Waals surface area contributed by atoms with Crippen molar-refractivity contribution in [2.24, 2.45) is 4.36 Å². The van der Waals surface area contributed by atoms with Crippen LogP contribution in [-0.4, -0.2) is 20.9 Å². The zero-order valence-electron chi connectivity index (χ0n) is 21.2. The molecule has 0 fully saturated rings. The number of aromatic nitrogens is 1. The van der Waals surface area contributed by atoms with Crippen LogP contribution >= 0.6 is 0 Å². The van der Waals surface area contributed by atoms with Crippen LogP contribution in [0.1, 0.15) is 59.1 Å². The zero-order valence-corrected chi connectivity index (χ0v) is 22.0. The third-order valence-corrected chi connectivity index (χ3v) is 7.68. The molecule has 0 aliphatic carbocycles. The molecule has 3 rings (SSSR count). The molecule has 194 valence electrons. The summed E-state index contributed by atoms with van der Waals surface area (Å²) in [5, 5.41) is 11.5. The number of nitrogens with one attached hydrogen (secondary N) is 1. The fraction of sp³-hybridized carbons (Fsp3) is 0.296. The van der Waals surface area contributed by atoms with Crippen LogP contribution in [0.2, 0.25) is 0 Å². The quantitative estimate of drug-likeness (QED) is 0.410. The van der Waals surface area contributed by atoms with Crippen molar-refractivity contribution in [1.82, 2.24) is 9.88 Å². The molecule has 0 saturated carbocycles. The molecule has 1 amide bonds. The number of hydrogen-bond donors (Lipinski definition) is 1. The fourth-order valence-electron chi connectivity index (χ4n) is 4.09. The maximum Gasteiger partial charge on any atom is 0.263 e. The number of halogens is 2. The molecule has 0 spiro atoms. The average Bonchev–Trinajstić information content (AvgIpc) is 2.83. The summed E-state index contributed by atoms with van der Waals surface area (Å²) in [4.78, 5) is 27.0. The SMILES string of the molecule is Cc1cc(S(C)(=O)=NC#N)ccc1CNC(=O)c1cn(C(C)C)c(C)c(-c2cccc(C(F)F)c2)c1=O. The maximum absolute atomic E-state index is 13.5. The van der Waals surface area contributed by atoms with Gasteiger partial charge >= 0.3 is 0 Å². The number of benzene rings is 2. The summed E-state index contributed by atoms with van der Waals surface area (Å²) in [6.07, 6.45) is 1.74. The Morgan fingerprint density at radius 1 is 1.19 bits per heavy atom. The summed E-state index contributed by atoms with van der Waals surface area (Å²) >= 11 is 0. The Balaban J connectivity index is 1.99. The van der Waals surface area contributed by atoms with Gasteiger partial charge in [0.25, 0.3) is 12.3 Å². The second-order valence-electron chi connectivity index (χ2n) is 9.02. The second-order valence-corrected chi connectivity index (χ2v) is 11.3. The number of nitrogens with zero attached hydrogens (tertiary/aromatic N) is 3. The fourth-order valence-corrected chi connectivity index (χ4v) is 5.07. The standard InChI is InChI=1S/C27H28F2N4O3S/c1-16(2)33-14-23(25(34)24(18(33)4)19-7-6-8-20(12-19)26(28)29)27(35)31-13-21-9-10-22(11-17(21)3)37(5,36)32-15-30/h6-12,14,16,26H,13H2,1-5H3,(H,31,35). The van der Waals surface area contributed by atoms with Crippen LogP contribution in [0.4, 0.5) is 8.78 Å². The first-order chi connectivity index (χ1) is 17.4. The van der Waals surface area contributed by atoms with Crippen LogP contribution in [0.3, 0.4) is 0 Å². The molecule has 0 aliphatic heterocycles. The van der Waals surface area contributed by atoms with Gasteiger partial charge in [-0.2, -0.15) is 5.26 Å². The van der Waals surface area contributed by atoms with E-state index in [0.717, 1.165) is 11.1 Å². The highest BCUT2D eigenvalue weighted by Gasteiger charge is 2.21. The minimum absolute atomic E-state index is 0.0937. The highest BCUT2D eigenvalue weighted by atomic mass is 32.2. The second kappa shape index (κ2) is 11.0. The van der Waals surface area contributed by atoms with E-state index >= 15 is 0 Å². The highest BCUT2D eigenvalue weighted by molar-refractivity contribution is 7.93. The Bertz CT molecular complexity index is 1580. The predicted octanol–water partition coefficient (Wildman–Crippen LogP) is 5.52. The minimum atomic E-state index is -2.85. The van der Waals surface area contributed by atoms with Crippen molar-refractivity contribution in [1.29, 1.82) is 5.26 Å². The van der Waals surface area contributed by atoms with Gasteiger partial charge in [-0.25, -0.2) is 13.0 Å². The largest absolute Gasteiger partial charge is 0.348 e. The van der Waals surface area contributed by atoms with Gasteiger partial charge in [-0.3, -0.25) is 9.59 Å². The molecule has 0 aliphatic rings. The molecule has 1 N–H and O–H groups in total. The van der Waals surface area contributed by atoms with Crippen molar-refractivity contribution >= 4 is 15.6 Å². The highest BCUT2D eigenvalue weighted by Crippen LogP contribution is 2.27. The van der Waals surface area contributed by atoms with E-state index < -0.39 is 27.5 Å². The molecular formula is C27H28F2N4O3S. The van der Waals surface area contributed by atoms with Crippen molar-refractivity contribution in [2.45, 2.75) is 51.6 Å². The summed E-state index contributed by atoms with van der Waals surface area (Å²) in [6, 6.07) is 10.4. The molecule has 0 bridgehead atoms. The van der Waals surface area contributed by atoms with Gasteiger partial charge in [0.1, 0.15) is 5.56 Å². The lowest BCUT2D eigenvalue weighted by Crippen LogP contribution is -2.31. The van der Waals surface area contributed by atoms with Gasteiger partial charge in [0.05, 0.1) is 9.73 Å². The minimum Gasteiger partial charge on any atom is -0.348 e. The Morgan fingerprint density at radius 3 is 2.49 bits per heavy atom. The monoisotopic (exact) mass is 526 g/mol. The smallest absolute Gasteiger partial charge is 0.263 e. The first-order valence-corrected chi connectivity index (χ1v) is 13.4. The maximum atomic E-state index is 13.5. The van der Waals surface area contributed by atoms with E-state index in [4.69, 9.17) is 5.26 Å². The molecule has 1 unspecified atom stereocenters. The molecular weight excluding hydrogens is 498 g/mol. The first kappa shape index (κ1) is 27.7. The Hall–Kier alpha value is -3.84. The summed E-state index contributed by atoms with van der Waals surface area (Å²) in [6.45, 7) is 7.39. The summed E-state index contributed by atoms with van der Waals surface area (Å²) < 4.78 is 44.4. The van der Waals surface area contributed by atoms with Gasteiger partial charge in [-0.1, -0.05) is 24.3 Å². The van der Waals surface area contributed by atoms with Crippen LogP contribution in [-0.2, 0) is 16.3 Å². The van der Waals surface area contributed by atoms with Crippen molar-refractivity contribution in [2.75, 3.05) is 6.26 Å². The number of rotatable bonds is 7. The van der Waals surface area contributed by atoms with E-state index in [1.807, 2.05) is 13.8 Å². The molecule has 2 aromatic carbocycles. The van der Waals surface area contributed by atoms with Gasteiger partial charge < -0.3 is 9.88 Å². The van der Waals surface area contributed by atoms with Gasteiger partial charge in [0.2, 0.25) is 11.6 Å². The van der Waals surface area contributed by atoms with Crippen LogP contribution in [0.15, 0.2) is 62.7 Å². The first-order valence-electron chi connectivity index (χ1n) is 11.5. The average molecular weight is 527 g/mol. The zero-order chi connectivity index (χ0) is 27.5. The van der Waals surface area contributed by atoms with Crippen LogP contribution in [0.25, 0.3) is 11.1 Å². The van der Waals surface area contributed by atoms with Gasteiger partial charge in [-0.05, 0) is 62.6 Å². The number of amides is 1. The number of carbonyl (C=O) groups is 1. The topological polar surface area (TPSA) is 104 Å². The summed E-state index contributed by atoms with van der Waals surface area (Å²) in [5.41, 5.74) is 1.69. The van der Waals surface area contributed by atoms with Crippen LogP contribution in [0.5, 0.6) is 0 Å². The predicted molar refractivity (Wildman–Crippen MR) is 139 cm³/mol. The third-order valence-electron chi connectivity index (χ3n) is 6.12. The van der Waals surface area contributed by atoms with E-state index in [0.29, 0.717) is 16.2 Å². The van der Waals surface area contributed by atoms with E-state index in [2.05, 4.69) is 9.68 Å². The number of aryl methyl sites for hydroxylation is 1. The summed E-state index contributed by atoms with van der Waals surface area (Å²) in [5.74, 6) is -0.604. The van der Waals surface area contributed by atoms with E-state index in [9.17, 15) is 22.6 Å². The lowest BCUT2D eigenvalue weighted by Gasteiger charge is -2.20. The van der Waals surface area contributed by atoms with Crippen molar-refractivity contribution in [3.05, 3.63) is 86.8 Å². The van der Waals surface area contributed by atoms with Crippen molar-refractivity contribution in [3.8, 4) is 17.3 Å². The van der Waals surface area contributed by atoms with Crippen molar-refractivity contribution < 1.29 is 17.8 Å². The van der Waals surface area contributed by atoms with Crippen LogP contribution < -0.4 is 10.7 Å². The van der Waals surface area contributed by atoms with E-state index in [1.54, 1.807) is 48.9 Å². The number of alkyl halides is 2. The van der Waals surface area contributed by atoms with Crippen molar-refractivity contribution in [3.63, 3.8) is 0 Å². The Morgan fingerprint density at radius 2 is 1.89 bits per heavy atom. The normalized spacial score (nSPS) is 12.8. The molecule has 3 aromatic rings. The molecule has 1 atom stereocenters. The lowest BCUT2D eigenvalue weighted by molar-refractivity contribution is 0.0949. The van der Waals surface area contributed by atoms with Gasteiger partial charge in [0.15, 0.2) is 0 Å². The van der Waals surface area contributed by atoms with Crippen LogP contribution in [0, 0.1) is 25.3 Å². The molecule has 7 nitrogen and oxygen atoms in total. The van der Waals surface area contributed by atoms with Gasteiger partial charge in [-0.15, -0.1) is 4.36 Å². The Labute approximate surface area is 214 Å². The van der Waals surface area contributed by atoms with E-state index in [-0.39, 0.29) is 29.3 Å². The summed E-state index contributed by atoms with van der Waals surface area (Å²) in [7, 11) is -2.85. The van der Waals surface area contributed by atoms with Gasteiger partial charge in [0, 0.05) is 46.8 Å². The molecule has 0 radical (unpaired) electrons. The molecule has 1 aromatic heterocycles. The number of hydrogen-bond acceptors (Lipinski definition) is 5. The molecule has 1 heterocycles. The number of carbonyl (C=O) groups excluding carboxylic acids is 1. The molecule has 0 saturated heterocycles. The Kier molecular flexibility index (Phi) is 8.28. The molecule has 37 heavy (non-hydrogen) atoms. The number of pyridine rings is 1.